The van der Waals surface area contributed by atoms with Crippen LogP contribution in [0.5, 0.6) is 0 Å². The number of ketones is 1. The van der Waals surface area contributed by atoms with Gasteiger partial charge in [0.25, 0.3) is 0 Å². The zero-order chi connectivity index (χ0) is 15.2. The van der Waals surface area contributed by atoms with Crippen LogP contribution < -0.4 is 0 Å². The second kappa shape index (κ2) is 7.81. The maximum Gasteiger partial charge on any atom is 0.173 e. The van der Waals surface area contributed by atoms with E-state index in [2.05, 4.69) is 35.8 Å². The molecule has 0 radical (unpaired) electrons. The Morgan fingerprint density at radius 1 is 1.14 bits per heavy atom. The third-order valence-corrected chi connectivity index (χ3v) is 5.12. The van der Waals surface area contributed by atoms with Gasteiger partial charge in [-0.2, -0.15) is 0 Å². The minimum atomic E-state index is 0.182. The van der Waals surface area contributed by atoms with Gasteiger partial charge in [0.2, 0.25) is 0 Å². The van der Waals surface area contributed by atoms with Crippen LogP contribution in [-0.4, -0.2) is 11.5 Å². The fraction of sp³-hybridized carbons (Fsp3) is 0.278. The summed E-state index contributed by atoms with van der Waals surface area (Å²) in [7, 11) is 0. The van der Waals surface area contributed by atoms with E-state index in [-0.39, 0.29) is 5.78 Å². The standard InChI is InChI=1S/C18H19BrOS/c1-13(2)10-14-6-5-7-15(11-14)17(20)12-21-18-9-4-3-8-16(18)19/h3-9,11,13H,10,12H2,1-2H3. The van der Waals surface area contributed by atoms with Crippen molar-refractivity contribution in [2.45, 2.75) is 25.2 Å². The van der Waals surface area contributed by atoms with Crippen molar-refractivity contribution >= 4 is 33.5 Å². The third kappa shape index (κ3) is 5.01. The summed E-state index contributed by atoms with van der Waals surface area (Å²) < 4.78 is 1.04. The Kier molecular flexibility index (Phi) is 6.07. The van der Waals surface area contributed by atoms with Crippen LogP contribution in [0.15, 0.2) is 57.9 Å². The summed E-state index contributed by atoms with van der Waals surface area (Å²) in [5, 5.41) is 0. The van der Waals surface area contributed by atoms with Crippen molar-refractivity contribution in [1.82, 2.24) is 0 Å². The first-order valence-corrected chi connectivity index (χ1v) is 8.83. The first kappa shape index (κ1) is 16.3. The molecule has 0 aliphatic carbocycles. The molecular formula is C18H19BrOS. The zero-order valence-electron chi connectivity index (χ0n) is 12.3. The van der Waals surface area contributed by atoms with Gasteiger partial charge in [-0.1, -0.05) is 44.2 Å². The Balaban J connectivity index is 2.02. The van der Waals surface area contributed by atoms with Gasteiger partial charge < -0.3 is 0 Å². The number of Topliss-reactive ketones (excluding diaryl/α,β-unsaturated/α-hetero) is 1. The van der Waals surface area contributed by atoms with Gasteiger partial charge in [-0.05, 0) is 52.0 Å². The van der Waals surface area contributed by atoms with Crippen molar-refractivity contribution in [2.75, 3.05) is 5.75 Å². The summed E-state index contributed by atoms with van der Waals surface area (Å²) in [5.74, 6) is 1.25. The molecule has 0 saturated carbocycles. The summed E-state index contributed by atoms with van der Waals surface area (Å²) in [5.41, 5.74) is 2.05. The van der Waals surface area contributed by atoms with Gasteiger partial charge in [-0.3, -0.25) is 4.79 Å². The molecule has 2 aromatic rings. The molecule has 0 aliphatic rings. The fourth-order valence-electron chi connectivity index (χ4n) is 2.13. The number of carbonyl (C=O) groups is 1. The van der Waals surface area contributed by atoms with Crippen LogP contribution in [0.1, 0.15) is 29.8 Å². The fourth-order valence-corrected chi connectivity index (χ4v) is 3.59. The molecule has 0 aromatic heterocycles. The van der Waals surface area contributed by atoms with Gasteiger partial charge >= 0.3 is 0 Å². The minimum absolute atomic E-state index is 0.182. The van der Waals surface area contributed by atoms with E-state index in [0.717, 1.165) is 21.4 Å². The number of hydrogen-bond donors (Lipinski definition) is 0. The molecule has 21 heavy (non-hydrogen) atoms. The predicted molar refractivity (Wildman–Crippen MR) is 94.2 cm³/mol. The van der Waals surface area contributed by atoms with Gasteiger partial charge in [0, 0.05) is 14.9 Å². The maximum absolute atomic E-state index is 12.3. The van der Waals surface area contributed by atoms with Crippen molar-refractivity contribution in [3.05, 3.63) is 64.1 Å². The summed E-state index contributed by atoms with van der Waals surface area (Å²) in [6, 6.07) is 16.0. The largest absolute Gasteiger partial charge is 0.293 e. The van der Waals surface area contributed by atoms with Gasteiger partial charge in [-0.25, -0.2) is 0 Å². The SMILES string of the molecule is CC(C)Cc1cccc(C(=O)CSc2ccccc2Br)c1. The first-order chi connectivity index (χ1) is 10.1. The second-order valence-electron chi connectivity index (χ2n) is 5.44. The number of thioether (sulfide) groups is 1. The van der Waals surface area contributed by atoms with E-state index in [1.165, 1.54) is 5.56 Å². The Labute approximate surface area is 139 Å². The second-order valence-corrected chi connectivity index (χ2v) is 7.31. The highest BCUT2D eigenvalue weighted by atomic mass is 79.9. The number of benzene rings is 2. The molecule has 0 bridgehead atoms. The van der Waals surface area contributed by atoms with Crippen LogP contribution in [0.2, 0.25) is 0 Å². The van der Waals surface area contributed by atoms with E-state index in [0.29, 0.717) is 11.7 Å². The molecule has 0 saturated heterocycles. The van der Waals surface area contributed by atoms with Crippen molar-refractivity contribution in [3.63, 3.8) is 0 Å². The molecule has 0 amide bonds. The van der Waals surface area contributed by atoms with E-state index < -0.39 is 0 Å². The monoisotopic (exact) mass is 362 g/mol. The molecule has 2 rings (SSSR count). The van der Waals surface area contributed by atoms with Crippen molar-refractivity contribution in [3.8, 4) is 0 Å². The van der Waals surface area contributed by atoms with Crippen LogP contribution in [0.4, 0.5) is 0 Å². The molecule has 0 atom stereocenters. The molecule has 0 N–H and O–H groups in total. The lowest BCUT2D eigenvalue weighted by atomic mass is 10.00. The highest BCUT2D eigenvalue weighted by Crippen LogP contribution is 2.27. The molecule has 110 valence electrons. The molecule has 0 heterocycles. The normalized spacial score (nSPS) is 10.9. The number of rotatable bonds is 6. The molecule has 0 fully saturated rings. The third-order valence-electron chi connectivity index (χ3n) is 3.09. The number of carbonyl (C=O) groups excluding carboxylic acids is 1. The Morgan fingerprint density at radius 3 is 2.62 bits per heavy atom. The van der Waals surface area contributed by atoms with Crippen molar-refractivity contribution in [1.29, 1.82) is 0 Å². The van der Waals surface area contributed by atoms with E-state index in [1.807, 2.05) is 42.5 Å². The maximum atomic E-state index is 12.3. The molecular weight excluding hydrogens is 344 g/mol. The summed E-state index contributed by atoms with van der Waals surface area (Å²) in [4.78, 5) is 13.4. The predicted octanol–water partition coefficient (Wildman–Crippen LogP) is 5.62. The van der Waals surface area contributed by atoms with Gasteiger partial charge in [0.1, 0.15) is 0 Å². The summed E-state index contributed by atoms with van der Waals surface area (Å²) in [6.45, 7) is 4.38. The first-order valence-electron chi connectivity index (χ1n) is 7.05. The average molecular weight is 363 g/mol. The lowest BCUT2D eigenvalue weighted by molar-refractivity contribution is 0.102. The highest BCUT2D eigenvalue weighted by Gasteiger charge is 2.09. The smallest absolute Gasteiger partial charge is 0.173 e. The van der Waals surface area contributed by atoms with Crippen LogP contribution in [0.3, 0.4) is 0 Å². The van der Waals surface area contributed by atoms with Gasteiger partial charge in [-0.15, -0.1) is 11.8 Å². The lowest BCUT2D eigenvalue weighted by Gasteiger charge is -2.07. The highest BCUT2D eigenvalue weighted by molar-refractivity contribution is 9.10. The molecule has 0 spiro atoms. The van der Waals surface area contributed by atoms with Crippen molar-refractivity contribution < 1.29 is 4.79 Å². The van der Waals surface area contributed by atoms with Crippen molar-refractivity contribution in [2.24, 2.45) is 5.92 Å². The van der Waals surface area contributed by atoms with Crippen LogP contribution in [-0.2, 0) is 6.42 Å². The molecule has 0 unspecified atom stereocenters. The van der Waals surface area contributed by atoms with Crippen LogP contribution in [0.25, 0.3) is 0 Å². The lowest BCUT2D eigenvalue weighted by Crippen LogP contribution is -2.04. The van der Waals surface area contributed by atoms with E-state index in [9.17, 15) is 4.79 Å². The Bertz CT molecular complexity index is 622. The number of halogens is 1. The summed E-state index contributed by atoms with van der Waals surface area (Å²) in [6.07, 6.45) is 1.01. The molecule has 1 nitrogen and oxygen atoms in total. The molecule has 0 aliphatic heterocycles. The quantitative estimate of drug-likeness (QED) is 0.489. The van der Waals surface area contributed by atoms with E-state index in [4.69, 9.17) is 0 Å². The van der Waals surface area contributed by atoms with Crippen LogP contribution >= 0.6 is 27.7 Å². The molecule has 3 heteroatoms. The topological polar surface area (TPSA) is 17.1 Å². The number of hydrogen-bond acceptors (Lipinski definition) is 2. The summed E-state index contributed by atoms with van der Waals surface area (Å²) >= 11 is 5.08. The van der Waals surface area contributed by atoms with Gasteiger partial charge in [0.15, 0.2) is 5.78 Å². The Morgan fingerprint density at radius 2 is 1.90 bits per heavy atom. The minimum Gasteiger partial charge on any atom is -0.293 e. The van der Waals surface area contributed by atoms with Crippen LogP contribution in [0, 0.1) is 5.92 Å². The molecule has 2 aromatic carbocycles. The average Bonchev–Trinajstić information content (AvgIpc) is 2.45. The van der Waals surface area contributed by atoms with E-state index >= 15 is 0 Å². The van der Waals surface area contributed by atoms with E-state index in [1.54, 1.807) is 11.8 Å². The van der Waals surface area contributed by atoms with Gasteiger partial charge in [0.05, 0.1) is 5.75 Å². The zero-order valence-corrected chi connectivity index (χ0v) is 14.7. The Hall–Kier alpha value is -1.06.